The normalized spacial score (nSPS) is 16.0. The molecule has 9 heteroatoms. The van der Waals surface area contributed by atoms with Crippen molar-refractivity contribution in [3.05, 3.63) is 65.7 Å². The van der Waals surface area contributed by atoms with E-state index in [1.54, 1.807) is 47.4 Å². The van der Waals surface area contributed by atoms with Crippen LogP contribution in [-0.2, 0) is 25.3 Å². The van der Waals surface area contributed by atoms with E-state index in [2.05, 4.69) is 0 Å². The number of piperazine rings is 1. The zero-order valence-corrected chi connectivity index (χ0v) is 19.2. The van der Waals surface area contributed by atoms with Gasteiger partial charge in [0, 0.05) is 31.9 Å². The standard InChI is InChI=1S/C22H26N2O5S2/c1-17(30-16-18-8-10-19(11-9-18)22(26)29-2)21(25)23-12-14-24(15-13-23)31(27,28)20-6-4-3-5-7-20/h3-11,17H,12-16H2,1-2H3/t17-/m0/s1. The smallest absolute Gasteiger partial charge is 0.337 e. The van der Waals surface area contributed by atoms with Gasteiger partial charge >= 0.3 is 5.97 Å². The van der Waals surface area contributed by atoms with Crippen LogP contribution in [0.4, 0.5) is 0 Å². The predicted octanol–water partition coefficient (Wildman–Crippen LogP) is 2.63. The number of carbonyl (C=O) groups is 2. The Labute approximate surface area is 187 Å². The summed E-state index contributed by atoms with van der Waals surface area (Å²) >= 11 is 1.52. The summed E-state index contributed by atoms with van der Waals surface area (Å²) in [4.78, 5) is 26.3. The van der Waals surface area contributed by atoms with Crippen molar-refractivity contribution in [3.8, 4) is 0 Å². The minimum Gasteiger partial charge on any atom is -0.465 e. The Morgan fingerprint density at radius 3 is 2.19 bits per heavy atom. The molecule has 7 nitrogen and oxygen atoms in total. The fourth-order valence-corrected chi connectivity index (χ4v) is 5.66. The molecule has 0 spiro atoms. The molecule has 2 aromatic carbocycles. The van der Waals surface area contributed by atoms with Gasteiger partial charge in [-0.25, -0.2) is 13.2 Å². The van der Waals surface area contributed by atoms with E-state index >= 15 is 0 Å². The Hall–Kier alpha value is -2.36. The van der Waals surface area contributed by atoms with Crippen LogP contribution in [0.25, 0.3) is 0 Å². The number of rotatable bonds is 7. The molecule has 1 fully saturated rings. The molecule has 1 aliphatic rings. The monoisotopic (exact) mass is 462 g/mol. The lowest BCUT2D eigenvalue weighted by Gasteiger charge is -2.35. The number of methoxy groups -OCH3 is 1. The van der Waals surface area contributed by atoms with Crippen LogP contribution in [-0.4, -0.2) is 68.0 Å². The number of amides is 1. The minimum atomic E-state index is -3.53. The third kappa shape index (κ3) is 5.66. The van der Waals surface area contributed by atoms with Gasteiger partial charge in [0.05, 0.1) is 22.8 Å². The highest BCUT2D eigenvalue weighted by Crippen LogP contribution is 2.22. The highest BCUT2D eigenvalue weighted by atomic mass is 32.2. The molecule has 0 bridgehead atoms. The molecule has 1 heterocycles. The maximum atomic E-state index is 12.8. The van der Waals surface area contributed by atoms with E-state index in [4.69, 9.17) is 4.74 Å². The summed E-state index contributed by atoms with van der Waals surface area (Å²) < 4.78 is 31.6. The summed E-state index contributed by atoms with van der Waals surface area (Å²) in [5.74, 6) is 0.264. The SMILES string of the molecule is COC(=O)c1ccc(CS[C@@H](C)C(=O)N2CCN(S(=O)(=O)c3ccccc3)CC2)cc1. The van der Waals surface area contributed by atoms with E-state index < -0.39 is 10.0 Å². The van der Waals surface area contributed by atoms with Crippen molar-refractivity contribution in [2.45, 2.75) is 22.8 Å². The summed E-state index contributed by atoms with van der Waals surface area (Å²) in [6, 6.07) is 15.5. The zero-order chi connectivity index (χ0) is 22.4. The molecule has 1 saturated heterocycles. The summed E-state index contributed by atoms with van der Waals surface area (Å²) in [6.07, 6.45) is 0. The third-order valence-corrected chi connectivity index (χ3v) is 8.27. The van der Waals surface area contributed by atoms with Crippen LogP contribution in [0, 0.1) is 0 Å². The van der Waals surface area contributed by atoms with Gasteiger partial charge in [0.25, 0.3) is 0 Å². The Bertz CT molecular complexity index is 1000. The lowest BCUT2D eigenvalue weighted by atomic mass is 10.1. The first-order chi connectivity index (χ1) is 14.8. The van der Waals surface area contributed by atoms with Crippen molar-refractivity contribution in [2.24, 2.45) is 0 Å². The van der Waals surface area contributed by atoms with Gasteiger partial charge in [-0.15, -0.1) is 11.8 Å². The highest BCUT2D eigenvalue weighted by molar-refractivity contribution is 7.99. The first-order valence-corrected chi connectivity index (χ1v) is 12.4. The molecule has 0 radical (unpaired) electrons. The lowest BCUT2D eigenvalue weighted by Crippen LogP contribution is -2.52. The minimum absolute atomic E-state index is 0.00735. The fourth-order valence-electron chi connectivity index (χ4n) is 3.29. The van der Waals surface area contributed by atoms with E-state index in [-0.39, 0.29) is 35.1 Å². The van der Waals surface area contributed by atoms with Gasteiger partial charge in [-0.3, -0.25) is 4.79 Å². The highest BCUT2D eigenvalue weighted by Gasteiger charge is 2.31. The summed E-state index contributed by atoms with van der Waals surface area (Å²) in [6.45, 7) is 3.20. The predicted molar refractivity (Wildman–Crippen MR) is 120 cm³/mol. The molecule has 0 aromatic heterocycles. The largest absolute Gasteiger partial charge is 0.465 e. The molecule has 0 unspecified atom stereocenters. The summed E-state index contributed by atoms with van der Waals surface area (Å²) in [7, 11) is -2.19. The van der Waals surface area contributed by atoms with E-state index in [1.807, 2.05) is 19.1 Å². The van der Waals surface area contributed by atoms with Crippen molar-refractivity contribution in [2.75, 3.05) is 33.3 Å². The van der Waals surface area contributed by atoms with E-state index in [1.165, 1.54) is 23.2 Å². The molecule has 31 heavy (non-hydrogen) atoms. The molecule has 0 N–H and O–H groups in total. The average Bonchev–Trinajstić information content (AvgIpc) is 2.82. The van der Waals surface area contributed by atoms with E-state index in [0.717, 1.165) is 5.56 Å². The number of sulfonamides is 1. The Morgan fingerprint density at radius 2 is 1.61 bits per heavy atom. The lowest BCUT2D eigenvalue weighted by molar-refractivity contribution is -0.131. The third-order valence-electron chi connectivity index (χ3n) is 5.15. The van der Waals surface area contributed by atoms with Crippen LogP contribution in [0.5, 0.6) is 0 Å². The molecule has 1 aliphatic heterocycles. The average molecular weight is 463 g/mol. The number of esters is 1. The van der Waals surface area contributed by atoms with Crippen LogP contribution in [0.2, 0.25) is 0 Å². The molecular weight excluding hydrogens is 436 g/mol. The number of carbonyl (C=O) groups excluding carboxylic acids is 2. The fraction of sp³-hybridized carbons (Fsp3) is 0.364. The van der Waals surface area contributed by atoms with Gasteiger partial charge in [0.1, 0.15) is 0 Å². The van der Waals surface area contributed by atoms with Gasteiger partial charge in [0.2, 0.25) is 15.9 Å². The first kappa shape index (κ1) is 23.3. The van der Waals surface area contributed by atoms with Crippen molar-refractivity contribution in [1.29, 1.82) is 0 Å². The number of hydrogen-bond acceptors (Lipinski definition) is 6. The number of hydrogen-bond donors (Lipinski definition) is 0. The Kier molecular flexibility index (Phi) is 7.74. The van der Waals surface area contributed by atoms with Gasteiger partial charge in [0.15, 0.2) is 0 Å². The van der Waals surface area contributed by atoms with Crippen LogP contribution in [0.1, 0.15) is 22.8 Å². The second-order valence-corrected chi connectivity index (χ2v) is 10.5. The molecule has 3 rings (SSSR count). The second kappa shape index (κ2) is 10.3. The summed E-state index contributed by atoms with van der Waals surface area (Å²) in [5.41, 5.74) is 1.50. The van der Waals surface area contributed by atoms with Gasteiger partial charge in [-0.2, -0.15) is 4.31 Å². The van der Waals surface area contributed by atoms with Crippen molar-refractivity contribution < 1.29 is 22.7 Å². The molecule has 1 amide bonds. The molecular formula is C22H26N2O5S2. The van der Waals surface area contributed by atoms with Crippen LogP contribution < -0.4 is 0 Å². The van der Waals surface area contributed by atoms with Crippen LogP contribution in [0.3, 0.4) is 0 Å². The van der Waals surface area contributed by atoms with Gasteiger partial charge in [-0.1, -0.05) is 30.3 Å². The Morgan fingerprint density at radius 1 is 1.00 bits per heavy atom. The topological polar surface area (TPSA) is 84.0 Å². The maximum Gasteiger partial charge on any atom is 0.337 e. The molecule has 166 valence electrons. The van der Waals surface area contributed by atoms with E-state index in [9.17, 15) is 18.0 Å². The quantitative estimate of drug-likeness (QED) is 0.588. The maximum absolute atomic E-state index is 12.8. The van der Waals surface area contributed by atoms with Crippen LogP contribution in [0.15, 0.2) is 59.5 Å². The summed E-state index contributed by atoms with van der Waals surface area (Å²) in [5, 5.41) is -0.252. The number of benzene rings is 2. The number of nitrogens with zero attached hydrogens (tertiary/aromatic N) is 2. The zero-order valence-electron chi connectivity index (χ0n) is 17.6. The molecule has 0 saturated carbocycles. The second-order valence-electron chi connectivity index (χ2n) is 7.18. The van der Waals surface area contributed by atoms with Crippen LogP contribution >= 0.6 is 11.8 Å². The van der Waals surface area contributed by atoms with Crippen molar-refractivity contribution in [3.63, 3.8) is 0 Å². The van der Waals surface area contributed by atoms with Crippen molar-refractivity contribution >= 4 is 33.7 Å². The Balaban J connectivity index is 1.50. The number of ether oxygens (including phenoxy) is 1. The first-order valence-electron chi connectivity index (χ1n) is 9.96. The molecule has 2 aromatic rings. The molecule has 1 atom stereocenters. The number of thioether (sulfide) groups is 1. The van der Waals surface area contributed by atoms with E-state index in [0.29, 0.717) is 24.4 Å². The molecule has 0 aliphatic carbocycles. The van der Waals surface area contributed by atoms with Gasteiger partial charge < -0.3 is 9.64 Å². The van der Waals surface area contributed by atoms with Crippen molar-refractivity contribution in [1.82, 2.24) is 9.21 Å². The van der Waals surface area contributed by atoms with Gasteiger partial charge in [-0.05, 0) is 36.8 Å².